The molecule has 192 valence electrons. The Kier molecular flexibility index (Phi) is 6.66. The van der Waals surface area contributed by atoms with Crippen molar-refractivity contribution in [1.82, 2.24) is 19.9 Å². The van der Waals surface area contributed by atoms with E-state index in [-0.39, 0.29) is 11.3 Å². The molecule has 0 unspecified atom stereocenters. The van der Waals surface area contributed by atoms with Gasteiger partial charge in [-0.3, -0.25) is 4.79 Å². The van der Waals surface area contributed by atoms with Crippen molar-refractivity contribution >= 4 is 39.9 Å². The molecule has 3 heterocycles. The standard InChI is InChI=1S/C30H29N5O2S/c1-35-26-10-6-5-9-24(26)34-29(35)32-23-13-11-22(12-14-23)27(36)31-20-30(15-17-37-18-16-30)28-33-25(19-38-28)21-7-3-2-4-8-21/h2-14,19H,15-18,20H2,1H3,(H,31,36)(H,32,34). The van der Waals surface area contributed by atoms with Gasteiger partial charge in [-0.15, -0.1) is 11.3 Å². The summed E-state index contributed by atoms with van der Waals surface area (Å²) in [7, 11) is 1.98. The maximum Gasteiger partial charge on any atom is 0.251 e. The number of ether oxygens (including phenoxy) is 1. The van der Waals surface area contributed by atoms with Crippen LogP contribution in [-0.2, 0) is 17.2 Å². The van der Waals surface area contributed by atoms with E-state index in [9.17, 15) is 4.79 Å². The lowest BCUT2D eigenvalue weighted by Crippen LogP contribution is -2.44. The zero-order valence-corrected chi connectivity index (χ0v) is 22.0. The fourth-order valence-corrected chi connectivity index (χ4v) is 6.02. The lowest BCUT2D eigenvalue weighted by molar-refractivity contribution is 0.0486. The molecule has 38 heavy (non-hydrogen) atoms. The van der Waals surface area contributed by atoms with E-state index >= 15 is 0 Å². The van der Waals surface area contributed by atoms with Crippen molar-refractivity contribution in [3.63, 3.8) is 0 Å². The van der Waals surface area contributed by atoms with Crippen molar-refractivity contribution in [2.45, 2.75) is 18.3 Å². The van der Waals surface area contributed by atoms with Gasteiger partial charge in [-0.05, 0) is 49.2 Å². The van der Waals surface area contributed by atoms with Gasteiger partial charge >= 0.3 is 0 Å². The molecule has 1 saturated heterocycles. The van der Waals surface area contributed by atoms with Crippen molar-refractivity contribution in [3.05, 3.63) is 94.8 Å². The number of amides is 1. The van der Waals surface area contributed by atoms with Crippen LogP contribution in [0.2, 0.25) is 0 Å². The zero-order chi connectivity index (χ0) is 26.0. The molecule has 0 saturated carbocycles. The fourth-order valence-electron chi connectivity index (χ4n) is 4.93. The Morgan fingerprint density at radius 3 is 2.47 bits per heavy atom. The third-order valence-corrected chi connectivity index (χ3v) is 8.34. The predicted octanol–water partition coefficient (Wildman–Crippen LogP) is 5.92. The van der Waals surface area contributed by atoms with E-state index in [0.717, 1.165) is 51.8 Å². The summed E-state index contributed by atoms with van der Waals surface area (Å²) in [6.07, 6.45) is 1.66. The normalized spacial score (nSPS) is 14.9. The van der Waals surface area contributed by atoms with Crippen molar-refractivity contribution in [3.8, 4) is 11.3 Å². The average Bonchev–Trinajstić information content (AvgIpc) is 3.59. The number of nitrogens with zero attached hydrogens (tertiary/aromatic N) is 3. The van der Waals surface area contributed by atoms with Crippen molar-refractivity contribution in [2.24, 2.45) is 7.05 Å². The molecule has 8 heteroatoms. The molecule has 1 aliphatic rings. The quantitative estimate of drug-likeness (QED) is 0.277. The van der Waals surface area contributed by atoms with Crippen molar-refractivity contribution in [2.75, 3.05) is 25.1 Å². The number of rotatable bonds is 7. The minimum absolute atomic E-state index is 0.0926. The Morgan fingerprint density at radius 2 is 1.71 bits per heavy atom. The Hall–Kier alpha value is -4.01. The Morgan fingerprint density at radius 1 is 0.974 bits per heavy atom. The van der Waals surface area contributed by atoms with Gasteiger partial charge in [0.1, 0.15) is 5.01 Å². The second-order valence-electron chi connectivity index (χ2n) is 9.66. The number of para-hydroxylation sites is 2. The molecule has 1 amide bonds. The third-order valence-electron chi connectivity index (χ3n) is 7.26. The summed E-state index contributed by atoms with van der Waals surface area (Å²) in [5.41, 5.74) is 5.34. The number of nitrogens with one attached hydrogen (secondary N) is 2. The number of carbonyl (C=O) groups is 1. The van der Waals surface area contributed by atoms with Crippen molar-refractivity contribution < 1.29 is 9.53 Å². The van der Waals surface area contributed by atoms with E-state index in [0.29, 0.717) is 25.3 Å². The molecule has 1 aliphatic heterocycles. The number of thiazole rings is 1. The molecular weight excluding hydrogens is 494 g/mol. The van der Waals surface area contributed by atoms with Gasteiger partial charge in [0, 0.05) is 54.4 Å². The Labute approximate surface area is 225 Å². The van der Waals surface area contributed by atoms with Gasteiger partial charge in [0.2, 0.25) is 5.95 Å². The molecule has 0 radical (unpaired) electrons. The number of carbonyl (C=O) groups excluding carboxylic acids is 1. The summed E-state index contributed by atoms with van der Waals surface area (Å²) in [5, 5.41) is 9.71. The summed E-state index contributed by atoms with van der Waals surface area (Å²) in [6.45, 7) is 1.86. The minimum atomic E-state index is -0.229. The molecule has 1 fully saturated rings. The maximum atomic E-state index is 13.1. The van der Waals surface area contributed by atoms with E-state index in [2.05, 4.69) is 33.1 Å². The van der Waals surface area contributed by atoms with Crippen LogP contribution >= 0.6 is 11.3 Å². The van der Waals surface area contributed by atoms with E-state index in [1.807, 2.05) is 78.3 Å². The highest BCUT2D eigenvalue weighted by molar-refractivity contribution is 7.10. The SMILES string of the molecule is Cn1c(Nc2ccc(C(=O)NCC3(c4nc(-c5ccccc5)cs4)CCOCC3)cc2)nc2ccccc21. The van der Waals surface area contributed by atoms with Crippen LogP contribution < -0.4 is 10.6 Å². The molecule has 5 aromatic rings. The molecule has 0 spiro atoms. The average molecular weight is 524 g/mol. The molecule has 0 atom stereocenters. The number of benzene rings is 3. The summed E-state index contributed by atoms with van der Waals surface area (Å²) >= 11 is 1.67. The van der Waals surface area contributed by atoms with E-state index < -0.39 is 0 Å². The van der Waals surface area contributed by atoms with Crippen LogP contribution in [-0.4, -0.2) is 40.2 Å². The van der Waals surface area contributed by atoms with Crippen LogP contribution in [0.1, 0.15) is 28.2 Å². The van der Waals surface area contributed by atoms with Crippen LogP contribution in [0.4, 0.5) is 11.6 Å². The van der Waals surface area contributed by atoms with Gasteiger partial charge in [0.05, 0.1) is 16.7 Å². The molecule has 0 aliphatic carbocycles. The smallest absolute Gasteiger partial charge is 0.251 e. The molecule has 6 rings (SSSR count). The van der Waals surface area contributed by atoms with Crippen LogP contribution in [0.5, 0.6) is 0 Å². The number of aromatic nitrogens is 3. The third kappa shape index (κ3) is 4.80. The van der Waals surface area contributed by atoms with E-state index in [1.54, 1.807) is 11.3 Å². The highest BCUT2D eigenvalue weighted by Gasteiger charge is 2.37. The number of hydrogen-bond acceptors (Lipinski definition) is 6. The molecule has 2 aromatic heterocycles. The summed E-state index contributed by atoms with van der Waals surface area (Å²) in [4.78, 5) is 22.8. The highest BCUT2D eigenvalue weighted by Crippen LogP contribution is 2.38. The zero-order valence-electron chi connectivity index (χ0n) is 21.2. The predicted molar refractivity (Wildman–Crippen MR) is 152 cm³/mol. The first-order chi connectivity index (χ1) is 18.6. The van der Waals surface area contributed by atoms with Crippen LogP contribution in [0, 0.1) is 0 Å². The minimum Gasteiger partial charge on any atom is -0.381 e. The number of anilines is 2. The van der Waals surface area contributed by atoms with Crippen LogP contribution in [0.15, 0.2) is 84.2 Å². The molecule has 3 aromatic carbocycles. The van der Waals surface area contributed by atoms with Gasteiger partial charge in [-0.2, -0.15) is 0 Å². The summed E-state index contributed by atoms with van der Waals surface area (Å²) < 4.78 is 7.69. The van der Waals surface area contributed by atoms with Gasteiger partial charge in [-0.25, -0.2) is 9.97 Å². The lowest BCUT2D eigenvalue weighted by atomic mass is 9.80. The van der Waals surface area contributed by atoms with Gasteiger partial charge < -0.3 is 19.9 Å². The number of fused-ring (bicyclic) bond motifs is 1. The molecule has 0 bridgehead atoms. The summed E-state index contributed by atoms with van der Waals surface area (Å²) in [6, 6.07) is 25.7. The first kappa shape index (κ1) is 24.3. The molecular formula is C30H29N5O2S. The first-order valence-electron chi connectivity index (χ1n) is 12.8. The van der Waals surface area contributed by atoms with Gasteiger partial charge in [0.15, 0.2) is 0 Å². The number of hydrogen-bond donors (Lipinski definition) is 2. The van der Waals surface area contributed by atoms with Gasteiger partial charge in [0.25, 0.3) is 5.91 Å². The van der Waals surface area contributed by atoms with E-state index in [1.165, 1.54) is 0 Å². The molecule has 2 N–H and O–H groups in total. The number of aryl methyl sites for hydroxylation is 1. The number of imidazole rings is 1. The Balaban J connectivity index is 1.15. The van der Waals surface area contributed by atoms with Crippen LogP contribution in [0.3, 0.4) is 0 Å². The second kappa shape index (κ2) is 10.4. The monoisotopic (exact) mass is 523 g/mol. The van der Waals surface area contributed by atoms with E-state index in [4.69, 9.17) is 9.72 Å². The topological polar surface area (TPSA) is 81.1 Å². The second-order valence-corrected chi connectivity index (χ2v) is 10.5. The lowest BCUT2D eigenvalue weighted by Gasteiger charge is -2.35. The molecule has 7 nitrogen and oxygen atoms in total. The largest absolute Gasteiger partial charge is 0.381 e. The summed E-state index contributed by atoms with van der Waals surface area (Å²) in [5.74, 6) is 0.660. The maximum absolute atomic E-state index is 13.1. The highest BCUT2D eigenvalue weighted by atomic mass is 32.1. The Bertz CT molecular complexity index is 1550. The fraction of sp³-hybridized carbons (Fsp3) is 0.233. The first-order valence-corrected chi connectivity index (χ1v) is 13.7. The van der Waals surface area contributed by atoms with Crippen molar-refractivity contribution in [1.29, 1.82) is 0 Å². The van der Waals surface area contributed by atoms with Gasteiger partial charge in [-0.1, -0.05) is 42.5 Å². The van der Waals surface area contributed by atoms with Crippen LogP contribution in [0.25, 0.3) is 22.3 Å².